The monoisotopic (exact) mass is 349 g/mol. The third-order valence-corrected chi connectivity index (χ3v) is 4.67. The second-order valence-electron chi connectivity index (χ2n) is 5.92. The van der Waals surface area contributed by atoms with Gasteiger partial charge in [-0.3, -0.25) is 9.80 Å². The minimum absolute atomic E-state index is 0.00499. The molecule has 24 heavy (non-hydrogen) atoms. The Kier molecular flexibility index (Phi) is 4.81. The topological polar surface area (TPSA) is 69.2 Å². The molecule has 1 saturated heterocycles. The first kappa shape index (κ1) is 16.8. The van der Waals surface area contributed by atoms with Crippen molar-refractivity contribution in [3.05, 3.63) is 45.8 Å². The van der Waals surface area contributed by atoms with Crippen LogP contribution >= 0.6 is 11.6 Å². The molecule has 8 heteroatoms. The molecule has 1 aliphatic rings. The molecule has 2 heterocycles. The molecule has 6 nitrogen and oxygen atoms in total. The van der Waals surface area contributed by atoms with Gasteiger partial charge in [0.25, 0.3) is 0 Å². The first-order valence-electron chi connectivity index (χ1n) is 7.59. The summed E-state index contributed by atoms with van der Waals surface area (Å²) in [5.41, 5.74) is 0.631. The van der Waals surface area contributed by atoms with E-state index in [0.29, 0.717) is 24.8 Å². The summed E-state index contributed by atoms with van der Waals surface area (Å²) >= 11 is 6.18. The third kappa shape index (κ3) is 3.26. The van der Waals surface area contributed by atoms with Crippen LogP contribution in [0.3, 0.4) is 0 Å². The van der Waals surface area contributed by atoms with Crippen LogP contribution in [0.25, 0.3) is 0 Å². The van der Waals surface area contributed by atoms with Crippen LogP contribution in [0.4, 0.5) is 4.39 Å². The van der Waals surface area contributed by atoms with Gasteiger partial charge in [0.2, 0.25) is 5.89 Å². The van der Waals surface area contributed by atoms with Crippen molar-refractivity contribution >= 4 is 11.6 Å². The van der Waals surface area contributed by atoms with Crippen LogP contribution in [0.1, 0.15) is 28.9 Å². The highest BCUT2D eigenvalue weighted by molar-refractivity contribution is 6.32. The fraction of sp³-hybridized carbons (Fsp3) is 0.438. The molecule has 1 atom stereocenters. The Balaban J connectivity index is 1.78. The highest BCUT2D eigenvalue weighted by Gasteiger charge is 2.30. The number of halogens is 2. The summed E-state index contributed by atoms with van der Waals surface area (Å²) in [6.07, 6.45) is 0. The van der Waals surface area contributed by atoms with Crippen LogP contribution in [-0.2, 0) is 6.54 Å². The van der Waals surface area contributed by atoms with E-state index in [9.17, 15) is 4.39 Å². The molecule has 0 aliphatic carbocycles. The van der Waals surface area contributed by atoms with Gasteiger partial charge < -0.3 is 4.52 Å². The van der Waals surface area contributed by atoms with Gasteiger partial charge in [0.15, 0.2) is 5.82 Å². The Labute approximate surface area is 144 Å². The zero-order chi connectivity index (χ0) is 17.3. The van der Waals surface area contributed by atoms with E-state index in [1.54, 1.807) is 13.0 Å². The molecule has 3 rings (SSSR count). The predicted molar refractivity (Wildman–Crippen MR) is 85.8 cm³/mol. The lowest BCUT2D eigenvalue weighted by Crippen LogP contribution is -2.46. The van der Waals surface area contributed by atoms with Crippen LogP contribution in [0.5, 0.6) is 0 Å². The summed E-state index contributed by atoms with van der Waals surface area (Å²) in [7, 11) is 2.01. The molecule has 0 N–H and O–H groups in total. The number of nitrogens with zero attached hydrogens (tertiary/aromatic N) is 5. The lowest BCUT2D eigenvalue weighted by molar-refractivity contribution is 0.0714. The number of nitriles is 1. The van der Waals surface area contributed by atoms with E-state index in [1.165, 1.54) is 6.07 Å². The number of benzene rings is 1. The van der Waals surface area contributed by atoms with Crippen molar-refractivity contribution in [3.63, 3.8) is 0 Å². The number of hydrogen-bond donors (Lipinski definition) is 0. The maximum absolute atomic E-state index is 13.6. The fourth-order valence-electron chi connectivity index (χ4n) is 2.85. The number of hydrogen-bond acceptors (Lipinski definition) is 6. The highest BCUT2D eigenvalue weighted by Crippen LogP contribution is 2.28. The van der Waals surface area contributed by atoms with Crippen molar-refractivity contribution in [1.29, 1.82) is 5.26 Å². The van der Waals surface area contributed by atoms with Gasteiger partial charge in [-0.25, -0.2) is 4.39 Å². The van der Waals surface area contributed by atoms with Crippen LogP contribution in [0, 0.1) is 24.1 Å². The van der Waals surface area contributed by atoms with E-state index in [-0.39, 0.29) is 16.6 Å². The largest absolute Gasteiger partial charge is 0.338 e. The molecule has 0 bridgehead atoms. The average Bonchev–Trinajstić information content (AvgIpc) is 2.98. The molecular formula is C16H17ClFN5O. The normalized spacial score (nSPS) is 19.4. The Hall–Kier alpha value is -2.01. The zero-order valence-electron chi connectivity index (χ0n) is 13.5. The van der Waals surface area contributed by atoms with Crippen molar-refractivity contribution in [2.24, 2.45) is 0 Å². The molecule has 0 saturated carbocycles. The summed E-state index contributed by atoms with van der Waals surface area (Å²) in [5.74, 6) is 0.599. The molecule has 0 unspecified atom stereocenters. The molecule has 0 spiro atoms. The van der Waals surface area contributed by atoms with E-state index >= 15 is 0 Å². The van der Waals surface area contributed by atoms with Crippen LogP contribution in [0.2, 0.25) is 5.02 Å². The van der Waals surface area contributed by atoms with Gasteiger partial charge in [-0.1, -0.05) is 22.8 Å². The number of aryl methyl sites for hydroxylation is 1. The minimum Gasteiger partial charge on any atom is -0.338 e. The Morgan fingerprint density at radius 2 is 2.25 bits per heavy atom. The molecule has 126 valence electrons. The van der Waals surface area contributed by atoms with Gasteiger partial charge >= 0.3 is 0 Å². The third-order valence-electron chi connectivity index (χ3n) is 4.24. The SMILES string of the molecule is Cc1noc([C@@H]2CN(Cc3ccc(F)c(C#N)c3Cl)CCN2C)n1. The van der Waals surface area contributed by atoms with Gasteiger partial charge in [-0.15, -0.1) is 0 Å². The lowest BCUT2D eigenvalue weighted by atomic mass is 10.1. The second-order valence-corrected chi connectivity index (χ2v) is 6.30. The smallest absolute Gasteiger partial charge is 0.245 e. The Bertz CT molecular complexity index is 787. The van der Waals surface area contributed by atoms with E-state index in [1.807, 2.05) is 13.1 Å². The van der Waals surface area contributed by atoms with Gasteiger partial charge in [0.05, 0.1) is 5.02 Å². The van der Waals surface area contributed by atoms with Gasteiger partial charge in [-0.2, -0.15) is 10.2 Å². The van der Waals surface area contributed by atoms with Gasteiger partial charge in [0.1, 0.15) is 23.5 Å². The number of likely N-dealkylation sites (N-methyl/N-ethyl adjacent to an activating group) is 1. The number of piperazine rings is 1. The first-order chi connectivity index (χ1) is 11.5. The molecule has 1 aromatic heterocycles. The highest BCUT2D eigenvalue weighted by atomic mass is 35.5. The summed E-state index contributed by atoms with van der Waals surface area (Å²) in [6, 6.07) is 4.73. The van der Waals surface area contributed by atoms with E-state index < -0.39 is 5.82 Å². The summed E-state index contributed by atoms with van der Waals surface area (Å²) < 4.78 is 18.9. The van der Waals surface area contributed by atoms with Crippen molar-refractivity contribution in [2.75, 3.05) is 26.7 Å². The Morgan fingerprint density at radius 3 is 2.92 bits per heavy atom. The van der Waals surface area contributed by atoms with Gasteiger partial charge in [0, 0.05) is 26.2 Å². The van der Waals surface area contributed by atoms with E-state index in [0.717, 1.165) is 18.7 Å². The fourth-order valence-corrected chi connectivity index (χ4v) is 3.11. The molecule has 2 aromatic rings. The molecule has 0 amide bonds. The van der Waals surface area contributed by atoms with Gasteiger partial charge in [-0.05, 0) is 25.6 Å². The molecular weight excluding hydrogens is 333 g/mol. The first-order valence-corrected chi connectivity index (χ1v) is 7.97. The zero-order valence-corrected chi connectivity index (χ0v) is 14.2. The number of rotatable bonds is 3. The number of aromatic nitrogens is 2. The van der Waals surface area contributed by atoms with E-state index in [4.69, 9.17) is 21.4 Å². The molecule has 0 radical (unpaired) electrons. The van der Waals surface area contributed by atoms with Crippen molar-refractivity contribution < 1.29 is 8.91 Å². The Morgan fingerprint density at radius 1 is 1.46 bits per heavy atom. The lowest BCUT2D eigenvalue weighted by Gasteiger charge is -2.37. The average molecular weight is 350 g/mol. The summed E-state index contributed by atoms with van der Waals surface area (Å²) in [4.78, 5) is 8.67. The summed E-state index contributed by atoms with van der Waals surface area (Å²) in [6.45, 7) is 4.67. The van der Waals surface area contributed by atoms with E-state index in [2.05, 4.69) is 19.9 Å². The van der Waals surface area contributed by atoms with Crippen molar-refractivity contribution in [2.45, 2.75) is 19.5 Å². The minimum atomic E-state index is -0.594. The molecule has 1 aliphatic heterocycles. The predicted octanol–water partition coefficient (Wildman–Crippen LogP) is 2.53. The maximum Gasteiger partial charge on any atom is 0.245 e. The van der Waals surface area contributed by atoms with Crippen molar-refractivity contribution in [1.82, 2.24) is 19.9 Å². The quantitative estimate of drug-likeness (QED) is 0.848. The standard InChI is InChI=1S/C16H17ClFN5O/c1-10-20-16(24-21-10)14-9-23(6-5-22(14)2)8-11-3-4-13(18)12(7-19)15(11)17/h3-4,14H,5-6,8-9H2,1-2H3/t14-/m0/s1. The maximum atomic E-state index is 13.6. The molecule has 1 fully saturated rings. The van der Waals surface area contributed by atoms with Crippen molar-refractivity contribution in [3.8, 4) is 6.07 Å². The molecule has 1 aromatic carbocycles. The van der Waals surface area contributed by atoms with Crippen LogP contribution < -0.4 is 0 Å². The summed E-state index contributed by atoms with van der Waals surface area (Å²) in [5, 5.41) is 13.1. The van der Waals surface area contributed by atoms with Crippen LogP contribution in [0.15, 0.2) is 16.7 Å². The van der Waals surface area contributed by atoms with Crippen LogP contribution in [-0.4, -0.2) is 46.6 Å². The second kappa shape index (κ2) is 6.85.